The smallest absolute Gasteiger partial charge is 0.358 e. The molecule has 108 valence electrons. The molecule has 1 aliphatic rings. The monoisotopic (exact) mass is 279 g/mol. The van der Waals surface area contributed by atoms with Crippen LogP contribution in [0.25, 0.3) is 6.08 Å². The second kappa shape index (κ2) is 6.29. The maximum Gasteiger partial charge on any atom is 0.397 e. The number of aromatic nitrogens is 2. The van der Waals surface area contributed by atoms with Crippen molar-refractivity contribution < 1.29 is 9.72 Å². The van der Waals surface area contributed by atoms with Gasteiger partial charge >= 0.3 is 5.82 Å². The van der Waals surface area contributed by atoms with Gasteiger partial charge in [0.2, 0.25) is 5.91 Å². The fourth-order valence-corrected chi connectivity index (χ4v) is 2.11. The number of rotatable bonds is 5. The summed E-state index contributed by atoms with van der Waals surface area (Å²) in [5, 5.41) is 17.2. The van der Waals surface area contributed by atoms with Crippen LogP contribution in [-0.2, 0) is 11.8 Å². The Kier molecular flexibility index (Phi) is 4.46. The molecule has 1 N–H and O–H groups in total. The molecule has 0 spiro atoms. The fraction of sp³-hybridized carbons (Fsp3) is 0.500. The largest absolute Gasteiger partial charge is 0.397 e. The zero-order valence-electron chi connectivity index (χ0n) is 11.3. The summed E-state index contributed by atoms with van der Waals surface area (Å²) in [6.07, 6.45) is 6.52. The Bertz CT molecular complexity index is 531. The summed E-state index contributed by atoms with van der Waals surface area (Å²) in [6.45, 7) is 2.51. The molecule has 0 aromatic carbocycles. The van der Waals surface area contributed by atoms with Gasteiger partial charge in [-0.3, -0.25) is 9.69 Å². The minimum atomic E-state index is -0.568. The van der Waals surface area contributed by atoms with Gasteiger partial charge < -0.3 is 15.4 Å². The van der Waals surface area contributed by atoms with Gasteiger partial charge in [-0.15, -0.1) is 0 Å². The van der Waals surface area contributed by atoms with Crippen molar-refractivity contribution in [1.82, 2.24) is 20.0 Å². The third-order valence-corrected chi connectivity index (χ3v) is 3.10. The zero-order valence-corrected chi connectivity index (χ0v) is 11.3. The average Bonchev–Trinajstić information content (AvgIpc) is 3.03. The van der Waals surface area contributed by atoms with E-state index in [-0.39, 0.29) is 11.7 Å². The molecule has 1 aromatic heterocycles. The van der Waals surface area contributed by atoms with Crippen molar-refractivity contribution >= 4 is 17.8 Å². The lowest BCUT2D eigenvalue weighted by molar-refractivity contribution is -0.390. The Balaban J connectivity index is 1.91. The van der Waals surface area contributed by atoms with Crippen molar-refractivity contribution in [2.24, 2.45) is 7.05 Å². The van der Waals surface area contributed by atoms with Crippen LogP contribution in [0.5, 0.6) is 0 Å². The Labute approximate surface area is 116 Å². The molecule has 0 atom stereocenters. The molecule has 8 heteroatoms. The number of carbonyl (C=O) groups excluding carboxylic acids is 1. The number of nitrogens with one attached hydrogen (secondary N) is 1. The van der Waals surface area contributed by atoms with Crippen LogP contribution in [-0.4, -0.2) is 45.3 Å². The van der Waals surface area contributed by atoms with Crippen LogP contribution in [0.15, 0.2) is 12.3 Å². The third kappa shape index (κ3) is 3.64. The molecule has 1 saturated heterocycles. The van der Waals surface area contributed by atoms with Gasteiger partial charge in [-0.25, -0.2) is 0 Å². The van der Waals surface area contributed by atoms with Crippen molar-refractivity contribution in [3.8, 4) is 0 Å². The Morgan fingerprint density at radius 3 is 2.90 bits per heavy atom. The first kappa shape index (κ1) is 14.2. The highest BCUT2D eigenvalue weighted by Gasteiger charge is 2.17. The number of nitro groups is 1. The van der Waals surface area contributed by atoms with Gasteiger partial charge in [0.1, 0.15) is 0 Å². The van der Waals surface area contributed by atoms with E-state index in [1.807, 2.05) is 0 Å². The summed E-state index contributed by atoms with van der Waals surface area (Å²) in [6, 6.07) is 0. The Hall–Kier alpha value is -2.22. The van der Waals surface area contributed by atoms with E-state index in [9.17, 15) is 14.9 Å². The molecule has 0 saturated carbocycles. The average molecular weight is 279 g/mol. The van der Waals surface area contributed by atoms with Gasteiger partial charge in [0, 0.05) is 6.08 Å². The molecule has 0 bridgehead atoms. The topological polar surface area (TPSA) is 93.3 Å². The first-order chi connectivity index (χ1) is 9.56. The molecular weight excluding hydrogens is 262 g/mol. The number of amides is 1. The van der Waals surface area contributed by atoms with E-state index in [1.54, 1.807) is 7.05 Å². The molecule has 8 nitrogen and oxygen atoms in total. The molecular formula is C12H17N5O3. The molecule has 20 heavy (non-hydrogen) atoms. The quantitative estimate of drug-likeness (QED) is 0.481. The molecule has 1 aliphatic heterocycles. The number of aryl methyl sites for hydroxylation is 1. The summed E-state index contributed by atoms with van der Waals surface area (Å²) in [5.74, 6) is -0.522. The van der Waals surface area contributed by atoms with Crippen molar-refractivity contribution in [2.75, 3.05) is 19.8 Å². The molecule has 1 amide bonds. The molecule has 1 fully saturated rings. The molecule has 0 unspecified atom stereocenters. The van der Waals surface area contributed by atoms with E-state index >= 15 is 0 Å². The van der Waals surface area contributed by atoms with Gasteiger partial charge in [-0.2, -0.15) is 4.68 Å². The lowest BCUT2D eigenvalue weighted by Gasteiger charge is -2.14. The second-order valence-electron chi connectivity index (χ2n) is 4.70. The van der Waals surface area contributed by atoms with E-state index in [1.165, 1.54) is 23.0 Å². The van der Waals surface area contributed by atoms with Gasteiger partial charge in [0.15, 0.2) is 0 Å². The molecule has 2 heterocycles. The van der Waals surface area contributed by atoms with Crippen molar-refractivity contribution in [3.05, 3.63) is 28.0 Å². The summed E-state index contributed by atoms with van der Waals surface area (Å²) < 4.78 is 1.35. The fourth-order valence-electron chi connectivity index (χ4n) is 2.11. The van der Waals surface area contributed by atoms with Crippen molar-refractivity contribution in [3.63, 3.8) is 0 Å². The maximum atomic E-state index is 11.6. The minimum absolute atomic E-state index is 0.254. The predicted molar refractivity (Wildman–Crippen MR) is 72.7 cm³/mol. The lowest BCUT2D eigenvalue weighted by atomic mass is 10.3. The van der Waals surface area contributed by atoms with Crippen LogP contribution in [0.1, 0.15) is 18.4 Å². The highest BCUT2D eigenvalue weighted by atomic mass is 16.6. The first-order valence-electron chi connectivity index (χ1n) is 6.42. The van der Waals surface area contributed by atoms with E-state index < -0.39 is 4.92 Å². The predicted octanol–water partition coefficient (Wildman–Crippen LogP) is 0.511. The number of carbonyl (C=O) groups is 1. The number of hydrogen-bond acceptors (Lipinski definition) is 5. The molecule has 0 radical (unpaired) electrons. The molecule has 0 aliphatic carbocycles. The van der Waals surface area contributed by atoms with Crippen LogP contribution in [0.2, 0.25) is 0 Å². The first-order valence-corrected chi connectivity index (χ1v) is 6.42. The van der Waals surface area contributed by atoms with Crippen LogP contribution >= 0.6 is 0 Å². The van der Waals surface area contributed by atoms with Crippen LogP contribution < -0.4 is 5.32 Å². The van der Waals surface area contributed by atoms with Crippen LogP contribution in [0.4, 0.5) is 5.82 Å². The Morgan fingerprint density at radius 2 is 2.25 bits per heavy atom. The molecule has 1 aromatic rings. The normalized spacial score (nSPS) is 15.8. The van der Waals surface area contributed by atoms with Gasteiger partial charge in [-0.1, -0.05) is 0 Å². The zero-order chi connectivity index (χ0) is 14.5. The van der Waals surface area contributed by atoms with Gasteiger partial charge in [0.25, 0.3) is 0 Å². The number of likely N-dealkylation sites (tertiary alicyclic amines) is 1. The van der Waals surface area contributed by atoms with Crippen LogP contribution in [0, 0.1) is 10.1 Å². The highest BCUT2D eigenvalue weighted by molar-refractivity contribution is 5.92. The summed E-state index contributed by atoms with van der Waals surface area (Å²) in [7, 11) is 1.60. The third-order valence-electron chi connectivity index (χ3n) is 3.10. The van der Waals surface area contributed by atoms with Crippen molar-refractivity contribution in [1.29, 1.82) is 0 Å². The second-order valence-corrected chi connectivity index (χ2v) is 4.70. The van der Waals surface area contributed by atoms with Gasteiger partial charge in [0.05, 0.1) is 30.6 Å². The number of nitrogens with zero attached hydrogens (tertiary/aromatic N) is 4. The standard InChI is InChI=1S/C12H17N5O3/c1-15-8-10(12(14-15)17(19)20)4-5-11(18)13-9-16-6-2-3-7-16/h4-5,8H,2-3,6-7,9H2,1H3,(H,13,18). The van der Waals surface area contributed by atoms with E-state index in [0.717, 1.165) is 25.9 Å². The minimum Gasteiger partial charge on any atom is -0.358 e. The SMILES string of the molecule is Cn1cc(C=CC(=O)NCN2CCCC2)c([N+](=O)[O-])n1. The van der Waals surface area contributed by atoms with Crippen molar-refractivity contribution in [2.45, 2.75) is 12.8 Å². The maximum absolute atomic E-state index is 11.6. The van der Waals surface area contributed by atoms with Crippen LogP contribution in [0.3, 0.4) is 0 Å². The lowest BCUT2D eigenvalue weighted by Crippen LogP contribution is -2.34. The van der Waals surface area contributed by atoms with E-state index in [4.69, 9.17) is 0 Å². The summed E-state index contributed by atoms with van der Waals surface area (Å²) in [4.78, 5) is 24.0. The van der Waals surface area contributed by atoms with Gasteiger partial charge in [-0.05, 0) is 36.9 Å². The molecule has 2 rings (SSSR count). The Morgan fingerprint density at radius 1 is 1.55 bits per heavy atom. The highest BCUT2D eigenvalue weighted by Crippen LogP contribution is 2.16. The number of hydrogen-bond donors (Lipinski definition) is 1. The summed E-state index contributed by atoms with van der Waals surface area (Å²) >= 11 is 0. The van der Waals surface area contributed by atoms with E-state index in [2.05, 4.69) is 15.3 Å². The van der Waals surface area contributed by atoms with E-state index in [0.29, 0.717) is 12.2 Å². The summed E-state index contributed by atoms with van der Waals surface area (Å²) in [5.41, 5.74) is 0.314.